The fourth-order valence-corrected chi connectivity index (χ4v) is 1.28. The van der Waals surface area contributed by atoms with E-state index in [2.05, 4.69) is 6.58 Å². The van der Waals surface area contributed by atoms with Crippen molar-refractivity contribution >= 4 is 11.9 Å². The summed E-state index contributed by atoms with van der Waals surface area (Å²) in [6.07, 6.45) is 3.61. The standard InChI is InChI=1S/C12H10O3/c1-2-9-3-5-10(6-4-9)11(13)12-14-7-8-15-12/h2-8,12H,1H2. The van der Waals surface area contributed by atoms with Crippen molar-refractivity contribution in [3.8, 4) is 0 Å². The Balaban J connectivity index is 2.14. The molecular formula is C12H10O3. The molecule has 15 heavy (non-hydrogen) atoms. The average Bonchev–Trinajstić information content (AvgIpc) is 2.82. The number of hydrogen-bond donors (Lipinski definition) is 0. The van der Waals surface area contributed by atoms with Crippen LogP contribution in [-0.4, -0.2) is 12.1 Å². The van der Waals surface area contributed by atoms with E-state index in [1.807, 2.05) is 12.1 Å². The zero-order chi connectivity index (χ0) is 10.7. The number of carbonyl (C=O) groups is 1. The first-order valence-electron chi connectivity index (χ1n) is 4.54. The van der Waals surface area contributed by atoms with Crippen molar-refractivity contribution in [3.05, 3.63) is 54.5 Å². The molecule has 1 aromatic rings. The Kier molecular flexibility index (Phi) is 2.54. The molecule has 1 aliphatic heterocycles. The maximum Gasteiger partial charge on any atom is 0.304 e. The van der Waals surface area contributed by atoms with Gasteiger partial charge in [-0.25, -0.2) is 0 Å². The van der Waals surface area contributed by atoms with Gasteiger partial charge in [0.1, 0.15) is 12.5 Å². The Morgan fingerprint density at radius 2 is 1.80 bits per heavy atom. The average molecular weight is 202 g/mol. The molecule has 1 aromatic carbocycles. The van der Waals surface area contributed by atoms with Crippen LogP contribution in [0.2, 0.25) is 0 Å². The van der Waals surface area contributed by atoms with Gasteiger partial charge in [-0.1, -0.05) is 36.9 Å². The van der Waals surface area contributed by atoms with Gasteiger partial charge < -0.3 is 9.47 Å². The molecule has 3 heteroatoms. The zero-order valence-electron chi connectivity index (χ0n) is 8.05. The molecule has 76 valence electrons. The van der Waals surface area contributed by atoms with Gasteiger partial charge in [0.15, 0.2) is 0 Å². The molecule has 0 aliphatic carbocycles. The summed E-state index contributed by atoms with van der Waals surface area (Å²) in [4.78, 5) is 11.7. The summed E-state index contributed by atoms with van der Waals surface area (Å²) in [5.41, 5.74) is 1.53. The normalized spacial score (nSPS) is 14.4. The Bertz CT molecular complexity index is 395. The van der Waals surface area contributed by atoms with Crippen molar-refractivity contribution in [3.63, 3.8) is 0 Å². The Labute approximate surface area is 87.6 Å². The van der Waals surface area contributed by atoms with E-state index in [4.69, 9.17) is 9.47 Å². The predicted octanol–water partition coefficient (Wildman–Crippen LogP) is 2.36. The first-order valence-corrected chi connectivity index (χ1v) is 4.54. The van der Waals surface area contributed by atoms with E-state index in [1.165, 1.54) is 12.5 Å². The quantitative estimate of drug-likeness (QED) is 0.706. The lowest BCUT2D eigenvalue weighted by Crippen LogP contribution is -2.21. The van der Waals surface area contributed by atoms with Crippen molar-refractivity contribution in [1.82, 2.24) is 0 Å². The summed E-state index contributed by atoms with van der Waals surface area (Å²) in [5.74, 6) is -0.185. The lowest BCUT2D eigenvalue weighted by molar-refractivity contribution is -0.00655. The SMILES string of the molecule is C=Cc1ccc(C(=O)C2OC=CO2)cc1. The third kappa shape index (κ3) is 1.91. The van der Waals surface area contributed by atoms with Gasteiger partial charge >= 0.3 is 6.29 Å². The summed E-state index contributed by atoms with van der Waals surface area (Å²) in [5, 5.41) is 0. The van der Waals surface area contributed by atoms with Crippen LogP contribution in [0.3, 0.4) is 0 Å². The maximum atomic E-state index is 11.7. The summed E-state index contributed by atoms with van der Waals surface area (Å²) in [6, 6.07) is 7.10. The molecule has 0 radical (unpaired) electrons. The van der Waals surface area contributed by atoms with E-state index < -0.39 is 6.29 Å². The monoisotopic (exact) mass is 202 g/mol. The highest BCUT2D eigenvalue weighted by Crippen LogP contribution is 2.13. The van der Waals surface area contributed by atoms with E-state index in [1.54, 1.807) is 18.2 Å². The molecule has 0 atom stereocenters. The second-order valence-corrected chi connectivity index (χ2v) is 3.07. The number of ketones is 1. The molecule has 1 aliphatic rings. The van der Waals surface area contributed by atoms with Crippen LogP contribution in [0.25, 0.3) is 6.08 Å². The van der Waals surface area contributed by atoms with Crippen LogP contribution < -0.4 is 0 Å². The molecule has 0 aromatic heterocycles. The molecule has 0 saturated heterocycles. The molecule has 0 spiro atoms. The van der Waals surface area contributed by atoms with Crippen molar-refractivity contribution in [2.24, 2.45) is 0 Å². The van der Waals surface area contributed by atoms with Crippen LogP contribution in [0, 0.1) is 0 Å². The highest BCUT2D eigenvalue weighted by Gasteiger charge is 2.23. The molecule has 0 fully saturated rings. The van der Waals surface area contributed by atoms with Gasteiger partial charge in [-0.15, -0.1) is 0 Å². The Morgan fingerprint density at radius 1 is 1.20 bits per heavy atom. The molecule has 0 unspecified atom stereocenters. The largest absolute Gasteiger partial charge is 0.452 e. The van der Waals surface area contributed by atoms with E-state index in [0.29, 0.717) is 5.56 Å². The van der Waals surface area contributed by atoms with Crippen molar-refractivity contribution in [2.45, 2.75) is 6.29 Å². The minimum Gasteiger partial charge on any atom is -0.452 e. The maximum absolute atomic E-state index is 11.7. The number of carbonyl (C=O) groups excluding carboxylic acids is 1. The molecule has 0 N–H and O–H groups in total. The lowest BCUT2D eigenvalue weighted by atomic mass is 10.1. The molecule has 0 amide bonds. The van der Waals surface area contributed by atoms with E-state index >= 15 is 0 Å². The fraction of sp³-hybridized carbons (Fsp3) is 0.0833. The van der Waals surface area contributed by atoms with Gasteiger partial charge in [0.25, 0.3) is 0 Å². The van der Waals surface area contributed by atoms with Crippen molar-refractivity contribution in [1.29, 1.82) is 0 Å². The van der Waals surface area contributed by atoms with Gasteiger partial charge in [0.2, 0.25) is 5.78 Å². The van der Waals surface area contributed by atoms with Gasteiger partial charge in [0, 0.05) is 5.56 Å². The van der Waals surface area contributed by atoms with Gasteiger partial charge in [0.05, 0.1) is 0 Å². The van der Waals surface area contributed by atoms with Crippen molar-refractivity contribution in [2.75, 3.05) is 0 Å². The summed E-state index contributed by atoms with van der Waals surface area (Å²) in [7, 11) is 0. The highest BCUT2D eigenvalue weighted by molar-refractivity contribution is 5.99. The van der Waals surface area contributed by atoms with Crippen LogP contribution in [0.5, 0.6) is 0 Å². The van der Waals surface area contributed by atoms with E-state index in [0.717, 1.165) is 5.56 Å². The van der Waals surface area contributed by atoms with Gasteiger partial charge in [-0.2, -0.15) is 0 Å². The third-order valence-electron chi connectivity index (χ3n) is 2.10. The molecule has 3 nitrogen and oxygen atoms in total. The minimum absolute atomic E-state index is 0.185. The van der Waals surface area contributed by atoms with Crippen LogP contribution in [0.4, 0.5) is 0 Å². The highest BCUT2D eigenvalue weighted by atomic mass is 16.7. The number of rotatable bonds is 3. The number of benzene rings is 1. The van der Waals surface area contributed by atoms with Crippen LogP contribution in [0.1, 0.15) is 15.9 Å². The molecule has 2 rings (SSSR count). The third-order valence-corrected chi connectivity index (χ3v) is 2.10. The van der Waals surface area contributed by atoms with Gasteiger partial charge in [-0.05, 0) is 5.56 Å². The summed E-state index contributed by atoms with van der Waals surface area (Å²) >= 11 is 0. The van der Waals surface area contributed by atoms with Crippen LogP contribution in [0.15, 0.2) is 43.4 Å². The second kappa shape index (κ2) is 4.00. The fourth-order valence-electron chi connectivity index (χ4n) is 1.28. The summed E-state index contributed by atoms with van der Waals surface area (Å²) in [6.45, 7) is 3.64. The predicted molar refractivity (Wildman–Crippen MR) is 56.0 cm³/mol. The second-order valence-electron chi connectivity index (χ2n) is 3.07. The van der Waals surface area contributed by atoms with Crippen LogP contribution >= 0.6 is 0 Å². The Hall–Kier alpha value is -2.03. The van der Waals surface area contributed by atoms with Crippen LogP contribution in [-0.2, 0) is 9.47 Å². The topological polar surface area (TPSA) is 35.5 Å². The van der Waals surface area contributed by atoms with E-state index in [-0.39, 0.29) is 5.78 Å². The zero-order valence-corrected chi connectivity index (χ0v) is 8.05. The Morgan fingerprint density at radius 3 is 2.33 bits per heavy atom. The summed E-state index contributed by atoms with van der Waals surface area (Å²) < 4.78 is 9.91. The van der Waals surface area contributed by atoms with Crippen molar-refractivity contribution < 1.29 is 14.3 Å². The molecular weight excluding hydrogens is 192 g/mol. The number of hydrogen-bond acceptors (Lipinski definition) is 3. The number of ether oxygens (including phenoxy) is 2. The first-order chi connectivity index (χ1) is 7.31. The first kappa shape index (κ1) is 9.52. The van der Waals surface area contributed by atoms with E-state index in [9.17, 15) is 4.79 Å². The number of Topliss-reactive ketones (excluding diaryl/α,β-unsaturated/α-hetero) is 1. The smallest absolute Gasteiger partial charge is 0.304 e. The molecule has 1 heterocycles. The minimum atomic E-state index is -0.834. The van der Waals surface area contributed by atoms with Gasteiger partial charge in [-0.3, -0.25) is 4.79 Å². The lowest BCUT2D eigenvalue weighted by Gasteiger charge is -2.08. The molecule has 0 bridgehead atoms. The molecule has 0 saturated carbocycles.